The summed E-state index contributed by atoms with van der Waals surface area (Å²) in [6, 6.07) is 0. The second-order valence-electron chi connectivity index (χ2n) is 4.10. The lowest BCUT2D eigenvalue weighted by Gasteiger charge is -2.05. The van der Waals surface area contributed by atoms with Crippen molar-refractivity contribution in [2.24, 2.45) is 0 Å². The van der Waals surface area contributed by atoms with E-state index in [0.717, 1.165) is 17.8 Å². The molecule has 0 aromatic carbocycles. The van der Waals surface area contributed by atoms with Crippen molar-refractivity contribution in [3.05, 3.63) is 17.5 Å². The van der Waals surface area contributed by atoms with E-state index in [1.54, 1.807) is 6.92 Å². The van der Waals surface area contributed by atoms with Crippen molar-refractivity contribution in [3.8, 4) is 0 Å². The summed E-state index contributed by atoms with van der Waals surface area (Å²) in [5.41, 5.74) is 2.26. The predicted molar refractivity (Wildman–Crippen MR) is 68.7 cm³/mol. The second kappa shape index (κ2) is 6.16. The van der Waals surface area contributed by atoms with E-state index in [2.05, 4.69) is 10.4 Å². The van der Waals surface area contributed by atoms with Gasteiger partial charge in [-0.25, -0.2) is 8.42 Å². The summed E-state index contributed by atoms with van der Waals surface area (Å²) in [6.45, 7) is 5.14. The molecule has 0 bridgehead atoms. The Bertz CT molecular complexity index is 451. The lowest BCUT2D eigenvalue weighted by atomic mass is 10.2. The highest BCUT2D eigenvalue weighted by atomic mass is 32.2. The maximum atomic E-state index is 11.3. The van der Waals surface area contributed by atoms with Gasteiger partial charge in [-0.1, -0.05) is 6.92 Å². The minimum Gasteiger partial charge on any atom is -0.316 e. The summed E-state index contributed by atoms with van der Waals surface area (Å²) < 4.78 is 24.6. The molecule has 1 aromatic rings. The molecule has 1 rings (SSSR count). The molecule has 0 aliphatic rings. The van der Waals surface area contributed by atoms with Crippen LogP contribution in [-0.2, 0) is 22.9 Å². The summed E-state index contributed by atoms with van der Waals surface area (Å²) in [4.78, 5) is 0. The van der Waals surface area contributed by atoms with Crippen LogP contribution in [0.5, 0.6) is 0 Å². The summed E-state index contributed by atoms with van der Waals surface area (Å²) in [5.74, 6) is 0.459. The van der Waals surface area contributed by atoms with Crippen LogP contribution in [0.2, 0.25) is 0 Å². The fraction of sp³-hybridized carbons (Fsp3) is 0.727. The Morgan fingerprint density at radius 1 is 1.47 bits per heavy atom. The van der Waals surface area contributed by atoms with Crippen LogP contribution in [0.15, 0.2) is 6.20 Å². The fourth-order valence-electron chi connectivity index (χ4n) is 1.65. The first-order chi connectivity index (χ1) is 8.00. The van der Waals surface area contributed by atoms with Crippen LogP contribution in [0.3, 0.4) is 0 Å². The zero-order chi connectivity index (χ0) is 12.9. The van der Waals surface area contributed by atoms with Gasteiger partial charge < -0.3 is 5.32 Å². The molecule has 0 saturated carbocycles. The van der Waals surface area contributed by atoms with E-state index in [0.29, 0.717) is 13.0 Å². The molecule has 1 heterocycles. The molecule has 0 atom stereocenters. The first-order valence-corrected chi connectivity index (χ1v) is 7.68. The zero-order valence-corrected chi connectivity index (χ0v) is 11.5. The maximum Gasteiger partial charge on any atom is 0.150 e. The third kappa shape index (κ3) is 4.12. The number of nitrogens with zero attached hydrogens (tertiary/aromatic N) is 2. The third-order valence-electron chi connectivity index (χ3n) is 2.84. The minimum atomic E-state index is -2.86. The van der Waals surface area contributed by atoms with Gasteiger partial charge in [0, 0.05) is 30.1 Å². The van der Waals surface area contributed by atoms with Gasteiger partial charge in [-0.3, -0.25) is 4.68 Å². The Hall–Kier alpha value is -0.880. The first-order valence-electron chi connectivity index (χ1n) is 5.86. The average molecular weight is 259 g/mol. The van der Waals surface area contributed by atoms with E-state index >= 15 is 0 Å². The quantitative estimate of drug-likeness (QED) is 0.784. The van der Waals surface area contributed by atoms with Crippen molar-refractivity contribution in [2.75, 3.05) is 18.6 Å². The summed E-state index contributed by atoms with van der Waals surface area (Å²) in [5, 5.41) is 7.34. The Morgan fingerprint density at radius 3 is 2.76 bits per heavy atom. The van der Waals surface area contributed by atoms with Gasteiger partial charge in [0.25, 0.3) is 0 Å². The first kappa shape index (κ1) is 14.2. The molecule has 1 N–H and O–H groups in total. The fourth-order valence-corrected chi connectivity index (χ4v) is 2.51. The molecular weight excluding hydrogens is 238 g/mol. The van der Waals surface area contributed by atoms with Crippen molar-refractivity contribution in [3.63, 3.8) is 0 Å². The molecular formula is C11H21N3O2S. The number of rotatable bonds is 7. The van der Waals surface area contributed by atoms with E-state index in [9.17, 15) is 8.42 Å². The number of sulfone groups is 1. The molecule has 0 aliphatic carbocycles. The molecule has 17 heavy (non-hydrogen) atoms. The molecule has 0 amide bonds. The molecule has 1 aromatic heterocycles. The molecule has 0 unspecified atom stereocenters. The largest absolute Gasteiger partial charge is 0.316 e. The van der Waals surface area contributed by atoms with Crippen molar-refractivity contribution in [1.82, 2.24) is 15.1 Å². The highest BCUT2D eigenvalue weighted by Gasteiger charge is 2.09. The number of hydrogen-bond acceptors (Lipinski definition) is 4. The number of hydrogen-bond donors (Lipinski definition) is 1. The summed E-state index contributed by atoms with van der Waals surface area (Å²) in [7, 11) is -0.966. The maximum absolute atomic E-state index is 11.3. The van der Waals surface area contributed by atoms with Crippen molar-refractivity contribution >= 4 is 9.84 Å². The van der Waals surface area contributed by atoms with Crippen molar-refractivity contribution in [2.45, 2.75) is 33.4 Å². The Kier molecular flexibility index (Phi) is 5.14. The van der Waals surface area contributed by atoms with Gasteiger partial charge in [0.05, 0.1) is 11.9 Å². The van der Waals surface area contributed by atoms with E-state index in [1.165, 1.54) is 0 Å². The highest BCUT2D eigenvalue weighted by molar-refractivity contribution is 7.91. The molecule has 0 fully saturated rings. The van der Waals surface area contributed by atoms with Gasteiger partial charge >= 0.3 is 0 Å². The summed E-state index contributed by atoms with van der Waals surface area (Å²) in [6.07, 6.45) is 2.46. The Morgan fingerprint density at radius 2 is 2.18 bits per heavy atom. The van der Waals surface area contributed by atoms with Crippen LogP contribution >= 0.6 is 0 Å². The lowest BCUT2D eigenvalue weighted by molar-refractivity contribution is 0.565. The number of aryl methyl sites for hydroxylation is 1. The average Bonchev–Trinajstić information content (AvgIpc) is 2.62. The minimum absolute atomic E-state index is 0.218. The Labute approximate surface area is 103 Å². The highest BCUT2D eigenvalue weighted by Crippen LogP contribution is 2.07. The lowest BCUT2D eigenvalue weighted by Crippen LogP contribution is -2.13. The number of aromatic nitrogens is 2. The van der Waals surface area contributed by atoms with E-state index in [-0.39, 0.29) is 11.5 Å². The van der Waals surface area contributed by atoms with Crippen LogP contribution in [-0.4, -0.2) is 36.8 Å². The second-order valence-corrected chi connectivity index (χ2v) is 6.57. The van der Waals surface area contributed by atoms with Gasteiger partial charge in [-0.05, 0) is 20.4 Å². The van der Waals surface area contributed by atoms with Crippen LogP contribution in [0.4, 0.5) is 0 Å². The van der Waals surface area contributed by atoms with Crippen LogP contribution in [0.25, 0.3) is 0 Å². The molecule has 0 aliphatic heterocycles. The van der Waals surface area contributed by atoms with Crippen LogP contribution in [0.1, 0.15) is 24.6 Å². The van der Waals surface area contributed by atoms with Gasteiger partial charge in [0.15, 0.2) is 0 Å². The van der Waals surface area contributed by atoms with Gasteiger partial charge in [0.1, 0.15) is 9.84 Å². The van der Waals surface area contributed by atoms with Crippen LogP contribution in [0, 0.1) is 6.92 Å². The van der Waals surface area contributed by atoms with Gasteiger partial charge in [-0.2, -0.15) is 5.10 Å². The molecule has 98 valence electrons. The number of nitrogens with one attached hydrogen (secondary N) is 1. The molecule has 0 saturated heterocycles. The normalized spacial score (nSPS) is 11.9. The van der Waals surface area contributed by atoms with Crippen molar-refractivity contribution in [1.29, 1.82) is 0 Å². The van der Waals surface area contributed by atoms with Crippen LogP contribution < -0.4 is 5.32 Å². The monoisotopic (exact) mass is 259 g/mol. The SMILES string of the molecule is CCS(=O)(=O)CCCn1ncc(CNC)c1C. The third-order valence-corrected chi connectivity index (χ3v) is 4.63. The van der Waals surface area contributed by atoms with Gasteiger partial charge in [0.2, 0.25) is 0 Å². The Balaban J connectivity index is 2.53. The standard InChI is InChI=1S/C11H21N3O2S/c1-4-17(15,16)7-5-6-14-10(2)11(8-12-3)9-13-14/h9,12H,4-8H2,1-3H3. The van der Waals surface area contributed by atoms with Gasteiger partial charge in [-0.15, -0.1) is 0 Å². The topological polar surface area (TPSA) is 64.0 Å². The van der Waals surface area contributed by atoms with E-state index in [1.807, 2.05) is 24.9 Å². The van der Waals surface area contributed by atoms with E-state index < -0.39 is 9.84 Å². The smallest absolute Gasteiger partial charge is 0.150 e. The molecule has 5 nitrogen and oxygen atoms in total. The molecule has 0 radical (unpaired) electrons. The van der Waals surface area contributed by atoms with Crippen molar-refractivity contribution < 1.29 is 8.42 Å². The molecule has 6 heteroatoms. The summed E-state index contributed by atoms with van der Waals surface area (Å²) >= 11 is 0. The zero-order valence-electron chi connectivity index (χ0n) is 10.7. The predicted octanol–water partition coefficient (Wildman–Crippen LogP) is 0.736. The molecule has 0 spiro atoms. The van der Waals surface area contributed by atoms with E-state index in [4.69, 9.17) is 0 Å².